The van der Waals surface area contributed by atoms with E-state index in [1.807, 2.05) is 0 Å². The first-order valence-electron chi connectivity index (χ1n) is 14.9. The van der Waals surface area contributed by atoms with E-state index in [2.05, 4.69) is 13.8 Å². The van der Waals surface area contributed by atoms with E-state index in [0.29, 0.717) is 12.8 Å². The van der Waals surface area contributed by atoms with Crippen LogP contribution < -0.4 is 0 Å². The largest absolute Gasteiger partial charge is 0.393 e. The first kappa shape index (κ1) is 32.1. The van der Waals surface area contributed by atoms with Crippen molar-refractivity contribution in [3.63, 3.8) is 0 Å². The minimum Gasteiger partial charge on any atom is -0.393 e. The van der Waals surface area contributed by atoms with Crippen LogP contribution in [0.2, 0.25) is 0 Å². The van der Waals surface area contributed by atoms with Crippen molar-refractivity contribution in [3.05, 3.63) is 0 Å². The van der Waals surface area contributed by atoms with Crippen LogP contribution in [0.4, 0.5) is 0 Å². The Morgan fingerprint density at radius 3 is 0.818 bits per heavy atom. The van der Waals surface area contributed by atoms with Crippen molar-refractivity contribution in [3.8, 4) is 0 Å². The summed E-state index contributed by atoms with van der Waals surface area (Å²) in [6, 6.07) is 0. The highest BCUT2D eigenvalue weighted by molar-refractivity contribution is 5.85. The third-order valence-electron chi connectivity index (χ3n) is 6.70. The summed E-state index contributed by atoms with van der Waals surface area (Å²) in [5.41, 5.74) is 0. The van der Waals surface area contributed by atoms with Crippen molar-refractivity contribution in [2.24, 2.45) is 0 Å². The molecule has 0 atom stereocenters. The Morgan fingerprint density at radius 2 is 0.576 bits per heavy atom. The van der Waals surface area contributed by atoms with Crippen molar-refractivity contribution in [2.45, 2.75) is 181 Å². The number of ether oxygens (including phenoxy) is 1. The lowest BCUT2D eigenvalue weighted by Gasteiger charge is -2.05. The van der Waals surface area contributed by atoms with E-state index >= 15 is 0 Å². The molecule has 3 heteroatoms. The van der Waals surface area contributed by atoms with Crippen LogP contribution in [-0.4, -0.2) is 11.9 Å². The molecule has 0 fully saturated rings. The fourth-order valence-electron chi connectivity index (χ4n) is 4.45. The first-order valence-corrected chi connectivity index (χ1v) is 14.9. The van der Waals surface area contributed by atoms with Crippen molar-refractivity contribution in [1.82, 2.24) is 0 Å². The molecule has 0 N–H and O–H groups in total. The lowest BCUT2D eigenvalue weighted by atomic mass is 10.0. The van der Waals surface area contributed by atoms with Gasteiger partial charge in [0.05, 0.1) is 0 Å². The lowest BCUT2D eigenvalue weighted by molar-refractivity contribution is -0.159. The Bertz CT molecular complexity index is 381. The fourth-order valence-corrected chi connectivity index (χ4v) is 4.45. The molecule has 0 amide bonds. The third-order valence-corrected chi connectivity index (χ3v) is 6.70. The maximum atomic E-state index is 11.8. The zero-order valence-electron chi connectivity index (χ0n) is 22.6. The molecule has 0 spiro atoms. The molecule has 0 aromatic heterocycles. The van der Waals surface area contributed by atoms with Gasteiger partial charge in [-0.05, 0) is 12.8 Å². The van der Waals surface area contributed by atoms with E-state index in [0.717, 1.165) is 25.7 Å². The molecule has 0 rings (SSSR count). The number of esters is 2. The summed E-state index contributed by atoms with van der Waals surface area (Å²) < 4.78 is 4.97. The molecule has 0 saturated carbocycles. The van der Waals surface area contributed by atoms with Gasteiger partial charge in [-0.25, -0.2) is 0 Å². The van der Waals surface area contributed by atoms with Crippen LogP contribution in [-0.2, 0) is 14.3 Å². The fraction of sp³-hybridized carbons (Fsp3) is 0.933. The molecule has 33 heavy (non-hydrogen) atoms. The van der Waals surface area contributed by atoms with Crippen LogP contribution >= 0.6 is 0 Å². The summed E-state index contributed by atoms with van der Waals surface area (Å²) >= 11 is 0. The van der Waals surface area contributed by atoms with Crippen LogP contribution in [0.25, 0.3) is 0 Å². The smallest absolute Gasteiger partial charge is 0.313 e. The summed E-state index contributed by atoms with van der Waals surface area (Å²) in [6.07, 6.45) is 31.4. The third kappa shape index (κ3) is 27.3. The van der Waals surface area contributed by atoms with Crippen molar-refractivity contribution < 1.29 is 14.3 Å². The second-order valence-corrected chi connectivity index (χ2v) is 10.1. The molecule has 0 aliphatic rings. The van der Waals surface area contributed by atoms with E-state index in [-0.39, 0.29) is 11.9 Å². The van der Waals surface area contributed by atoms with Gasteiger partial charge in [-0.3, -0.25) is 9.59 Å². The number of carbonyl (C=O) groups is 2. The number of rotatable bonds is 26. The molecule has 0 radical (unpaired) electrons. The van der Waals surface area contributed by atoms with Crippen LogP contribution in [0.15, 0.2) is 0 Å². The molecule has 0 bridgehead atoms. The standard InChI is InChI=1S/C30H58O3/c1-3-5-7-9-11-13-15-17-19-21-23-25-27-29(31)33-30(32)28-26-24-22-20-18-16-14-12-10-8-6-4-2/h3-28H2,1-2H3. The highest BCUT2D eigenvalue weighted by Gasteiger charge is 2.09. The van der Waals surface area contributed by atoms with Gasteiger partial charge in [-0.15, -0.1) is 0 Å². The molecular weight excluding hydrogens is 408 g/mol. The highest BCUT2D eigenvalue weighted by atomic mass is 16.6. The Balaban J connectivity index is 3.30. The van der Waals surface area contributed by atoms with Gasteiger partial charge in [-0.2, -0.15) is 0 Å². The van der Waals surface area contributed by atoms with Gasteiger partial charge in [0.25, 0.3) is 0 Å². The van der Waals surface area contributed by atoms with Gasteiger partial charge < -0.3 is 4.74 Å². The molecule has 0 aromatic rings. The van der Waals surface area contributed by atoms with E-state index < -0.39 is 0 Å². The molecule has 196 valence electrons. The number of hydrogen-bond acceptors (Lipinski definition) is 3. The van der Waals surface area contributed by atoms with E-state index in [1.54, 1.807) is 0 Å². The van der Waals surface area contributed by atoms with Crippen LogP contribution in [0.5, 0.6) is 0 Å². The molecule has 0 heterocycles. The van der Waals surface area contributed by atoms with Crippen molar-refractivity contribution in [2.75, 3.05) is 0 Å². The minimum absolute atomic E-state index is 0.328. The summed E-state index contributed by atoms with van der Waals surface area (Å²) in [4.78, 5) is 23.6. The number of carbonyl (C=O) groups excluding carboxylic acids is 2. The zero-order valence-corrected chi connectivity index (χ0v) is 22.6. The van der Waals surface area contributed by atoms with Crippen LogP contribution in [0.3, 0.4) is 0 Å². The molecule has 0 unspecified atom stereocenters. The van der Waals surface area contributed by atoms with Gasteiger partial charge in [0.2, 0.25) is 0 Å². The molecular formula is C30H58O3. The van der Waals surface area contributed by atoms with E-state index in [9.17, 15) is 9.59 Å². The Morgan fingerprint density at radius 1 is 0.364 bits per heavy atom. The summed E-state index contributed by atoms with van der Waals surface area (Å²) in [7, 11) is 0. The van der Waals surface area contributed by atoms with Crippen LogP contribution in [0.1, 0.15) is 181 Å². The number of hydrogen-bond donors (Lipinski definition) is 0. The normalized spacial score (nSPS) is 11.1. The summed E-state index contributed by atoms with van der Waals surface area (Å²) in [6.45, 7) is 4.52. The van der Waals surface area contributed by atoms with E-state index in [1.165, 1.54) is 128 Å². The molecule has 0 aliphatic heterocycles. The maximum absolute atomic E-state index is 11.8. The molecule has 0 aliphatic carbocycles. The first-order chi connectivity index (χ1) is 16.2. The second-order valence-electron chi connectivity index (χ2n) is 10.1. The Kier molecular flexibility index (Phi) is 26.7. The molecule has 0 saturated heterocycles. The molecule has 0 aromatic carbocycles. The Hall–Kier alpha value is -0.860. The topological polar surface area (TPSA) is 43.4 Å². The average Bonchev–Trinajstić information content (AvgIpc) is 2.80. The number of unbranched alkanes of at least 4 members (excludes halogenated alkanes) is 22. The second kappa shape index (κ2) is 27.4. The highest BCUT2D eigenvalue weighted by Crippen LogP contribution is 2.14. The van der Waals surface area contributed by atoms with Gasteiger partial charge in [0.15, 0.2) is 0 Å². The Labute approximate surface area is 207 Å². The lowest BCUT2D eigenvalue weighted by Crippen LogP contribution is -2.11. The van der Waals surface area contributed by atoms with E-state index in [4.69, 9.17) is 4.74 Å². The van der Waals surface area contributed by atoms with Gasteiger partial charge >= 0.3 is 11.9 Å². The molecule has 3 nitrogen and oxygen atoms in total. The minimum atomic E-state index is -0.328. The van der Waals surface area contributed by atoms with Crippen molar-refractivity contribution >= 4 is 11.9 Å². The van der Waals surface area contributed by atoms with Crippen LogP contribution in [0, 0.1) is 0 Å². The van der Waals surface area contributed by atoms with Crippen molar-refractivity contribution in [1.29, 1.82) is 0 Å². The predicted octanol–water partition coefficient (Wildman–Crippen LogP) is 10.2. The summed E-state index contributed by atoms with van der Waals surface area (Å²) in [5.74, 6) is -0.656. The average molecular weight is 467 g/mol. The van der Waals surface area contributed by atoms with Gasteiger partial charge in [0.1, 0.15) is 0 Å². The van der Waals surface area contributed by atoms with Gasteiger partial charge in [-0.1, -0.05) is 155 Å². The monoisotopic (exact) mass is 466 g/mol. The SMILES string of the molecule is CCCCCCCCCCCCCCC(=O)OC(=O)CCCCCCCCCCCCCC. The predicted molar refractivity (Wildman–Crippen MR) is 142 cm³/mol. The van der Waals surface area contributed by atoms with Gasteiger partial charge in [0, 0.05) is 12.8 Å². The zero-order chi connectivity index (χ0) is 24.2. The quantitative estimate of drug-likeness (QED) is 0.0723. The maximum Gasteiger partial charge on any atom is 0.313 e. The summed E-state index contributed by atoms with van der Waals surface area (Å²) in [5, 5.41) is 0.